The first kappa shape index (κ1) is 30.2. The summed E-state index contributed by atoms with van der Waals surface area (Å²) in [6.07, 6.45) is 2.04. The van der Waals surface area contributed by atoms with Crippen molar-refractivity contribution in [3.05, 3.63) is 62.6 Å². The predicted octanol–water partition coefficient (Wildman–Crippen LogP) is 5.44. The van der Waals surface area contributed by atoms with E-state index in [9.17, 15) is 18.0 Å². The molecule has 11 heteroatoms. The highest BCUT2D eigenvalue weighted by Crippen LogP contribution is 2.29. The molecule has 0 saturated heterocycles. The Kier molecular flexibility index (Phi) is 10.9. The summed E-state index contributed by atoms with van der Waals surface area (Å²) in [7, 11) is -3.86. The fraction of sp³-hybridized carbons (Fsp3) is 0.440. The van der Waals surface area contributed by atoms with Crippen molar-refractivity contribution >= 4 is 62.3 Å². The highest BCUT2D eigenvalue weighted by atomic mass is 35.5. The summed E-state index contributed by atoms with van der Waals surface area (Å²) >= 11 is 18.8. The number of amides is 2. The number of sulfonamides is 1. The molecule has 2 rings (SSSR count). The minimum atomic E-state index is -3.86. The SMILES string of the molecule is CC[C@H](C)NC(=O)[C@H](CC)N(Cc1c(Cl)cccc1Cl)C(=O)CN(c1ccc(Cl)cc1C)S(C)(=O)=O. The van der Waals surface area contributed by atoms with E-state index >= 15 is 0 Å². The van der Waals surface area contributed by atoms with E-state index in [0.717, 1.165) is 10.6 Å². The Morgan fingerprint density at radius 1 is 1.03 bits per heavy atom. The normalized spacial score (nSPS) is 13.1. The molecule has 2 aromatic carbocycles. The minimum Gasteiger partial charge on any atom is -0.352 e. The highest BCUT2D eigenvalue weighted by molar-refractivity contribution is 7.92. The zero-order valence-corrected chi connectivity index (χ0v) is 24.1. The van der Waals surface area contributed by atoms with Gasteiger partial charge in [-0.1, -0.05) is 54.7 Å². The van der Waals surface area contributed by atoms with Crippen LogP contribution < -0.4 is 9.62 Å². The lowest BCUT2D eigenvalue weighted by molar-refractivity contribution is -0.140. The quantitative estimate of drug-likeness (QED) is 0.386. The molecule has 1 N–H and O–H groups in total. The summed E-state index contributed by atoms with van der Waals surface area (Å²) in [4.78, 5) is 28.3. The largest absolute Gasteiger partial charge is 0.352 e. The van der Waals surface area contributed by atoms with Crippen molar-refractivity contribution < 1.29 is 18.0 Å². The van der Waals surface area contributed by atoms with Gasteiger partial charge in [0.25, 0.3) is 0 Å². The molecule has 0 bridgehead atoms. The third-order valence-corrected chi connectivity index (χ3v) is 7.95. The van der Waals surface area contributed by atoms with Gasteiger partial charge in [0, 0.05) is 33.2 Å². The van der Waals surface area contributed by atoms with E-state index in [1.54, 1.807) is 50.2 Å². The van der Waals surface area contributed by atoms with Crippen LogP contribution in [-0.2, 0) is 26.2 Å². The van der Waals surface area contributed by atoms with Gasteiger partial charge in [0.05, 0.1) is 11.9 Å². The lowest BCUT2D eigenvalue weighted by Crippen LogP contribution is -2.53. The maximum absolute atomic E-state index is 13.8. The van der Waals surface area contributed by atoms with Crippen LogP contribution in [0.2, 0.25) is 15.1 Å². The maximum Gasteiger partial charge on any atom is 0.244 e. The molecule has 198 valence electrons. The summed E-state index contributed by atoms with van der Waals surface area (Å²) in [5, 5.41) is 4.04. The number of hydrogen-bond donors (Lipinski definition) is 1. The van der Waals surface area contributed by atoms with Crippen LogP contribution in [0, 0.1) is 6.92 Å². The summed E-state index contributed by atoms with van der Waals surface area (Å²) in [5.41, 5.74) is 1.38. The van der Waals surface area contributed by atoms with Crippen molar-refractivity contribution in [3.63, 3.8) is 0 Å². The van der Waals surface area contributed by atoms with Gasteiger partial charge >= 0.3 is 0 Å². The van der Waals surface area contributed by atoms with Crippen LogP contribution in [0.5, 0.6) is 0 Å². The minimum absolute atomic E-state index is 0.0685. The Hall–Kier alpha value is -2.00. The number of nitrogens with one attached hydrogen (secondary N) is 1. The van der Waals surface area contributed by atoms with E-state index in [1.807, 2.05) is 13.8 Å². The molecule has 0 heterocycles. The summed E-state index contributed by atoms with van der Waals surface area (Å²) in [6.45, 7) is 6.72. The van der Waals surface area contributed by atoms with Gasteiger partial charge in [0.15, 0.2) is 0 Å². The van der Waals surface area contributed by atoms with Gasteiger partial charge in [-0.25, -0.2) is 8.42 Å². The topological polar surface area (TPSA) is 86.8 Å². The van der Waals surface area contributed by atoms with Crippen LogP contribution in [0.4, 0.5) is 5.69 Å². The number of benzene rings is 2. The first-order chi connectivity index (χ1) is 16.8. The standard InChI is InChI=1S/C25H32Cl3N3O4S/c1-6-17(4)29-25(33)22(7-2)30(14-19-20(27)9-8-10-21(19)28)24(32)15-31(36(5,34)35)23-12-11-18(26)13-16(23)3/h8-13,17,22H,6-7,14-15H2,1-5H3,(H,29,33)/t17-,22-/m0/s1. The van der Waals surface area contributed by atoms with Crippen molar-refractivity contribution in [2.45, 2.75) is 59.2 Å². The Balaban J connectivity index is 2.53. The molecule has 7 nitrogen and oxygen atoms in total. The summed E-state index contributed by atoms with van der Waals surface area (Å²) < 4.78 is 26.5. The van der Waals surface area contributed by atoms with Crippen molar-refractivity contribution in [1.29, 1.82) is 0 Å². The lowest BCUT2D eigenvalue weighted by Gasteiger charge is -2.34. The molecule has 0 aliphatic rings. The van der Waals surface area contributed by atoms with Crippen LogP contribution in [0.15, 0.2) is 36.4 Å². The molecular weight excluding hydrogens is 545 g/mol. The Bertz CT molecular complexity index is 1190. The van der Waals surface area contributed by atoms with Gasteiger partial charge < -0.3 is 10.2 Å². The van der Waals surface area contributed by atoms with E-state index in [2.05, 4.69) is 5.32 Å². The summed E-state index contributed by atoms with van der Waals surface area (Å²) in [5.74, 6) is -0.908. The first-order valence-corrected chi connectivity index (χ1v) is 14.5. The number of nitrogens with zero attached hydrogens (tertiary/aromatic N) is 2. The fourth-order valence-electron chi connectivity index (χ4n) is 3.71. The lowest BCUT2D eigenvalue weighted by atomic mass is 10.1. The molecule has 0 aliphatic heterocycles. The molecular formula is C25H32Cl3N3O4S. The van der Waals surface area contributed by atoms with Gasteiger partial charge in [-0.05, 0) is 62.6 Å². The number of carbonyl (C=O) groups is 2. The second-order valence-corrected chi connectivity index (χ2v) is 11.8. The molecule has 2 aromatic rings. The number of anilines is 1. The Morgan fingerprint density at radius 3 is 2.14 bits per heavy atom. The second kappa shape index (κ2) is 13.0. The van der Waals surface area contributed by atoms with Gasteiger partial charge in [-0.3, -0.25) is 13.9 Å². The molecule has 0 fully saturated rings. The first-order valence-electron chi connectivity index (χ1n) is 11.6. The number of halogens is 3. The third kappa shape index (κ3) is 7.75. The molecule has 0 saturated carbocycles. The van der Waals surface area contributed by atoms with E-state index in [0.29, 0.717) is 44.7 Å². The second-order valence-electron chi connectivity index (χ2n) is 8.66. The van der Waals surface area contributed by atoms with Crippen LogP contribution in [0.1, 0.15) is 44.7 Å². The van der Waals surface area contributed by atoms with Crippen molar-refractivity contribution in [2.24, 2.45) is 0 Å². The average Bonchev–Trinajstić information content (AvgIpc) is 2.78. The molecule has 0 aromatic heterocycles. The summed E-state index contributed by atoms with van der Waals surface area (Å²) in [6, 6.07) is 8.73. The van der Waals surface area contributed by atoms with Gasteiger partial charge in [-0.15, -0.1) is 0 Å². The monoisotopic (exact) mass is 575 g/mol. The predicted molar refractivity (Wildman–Crippen MR) is 147 cm³/mol. The highest BCUT2D eigenvalue weighted by Gasteiger charge is 2.33. The third-order valence-electron chi connectivity index (χ3n) is 5.88. The average molecular weight is 577 g/mol. The van der Waals surface area contributed by atoms with Crippen molar-refractivity contribution in [1.82, 2.24) is 10.2 Å². The number of rotatable bonds is 11. The zero-order chi connectivity index (χ0) is 27.2. The Labute approximate surface area is 228 Å². The van der Waals surface area contributed by atoms with Crippen LogP contribution >= 0.6 is 34.8 Å². The Morgan fingerprint density at radius 2 is 1.64 bits per heavy atom. The van der Waals surface area contributed by atoms with Gasteiger partial charge in [-0.2, -0.15) is 0 Å². The smallest absolute Gasteiger partial charge is 0.244 e. The molecule has 0 spiro atoms. The van der Waals surface area contributed by atoms with Gasteiger partial charge in [0.1, 0.15) is 12.6 Å². The van der Waals surface area contributed by atoms with E-state index in [4.69, 9.17) is 34.8 Å². The fourth-order valence-corrected chi connectivity index (χ4v) is 5.36. The van der Waals surface area contributed by atoms with Crippen LogP contribution in [0.3, 0.4) is 0 Å². The van der Waals surface area contributed by atoms with E-state index < -0.39 is 28.5 Å². The zero-order valence-electron chi connectivity index (χ0n) is 21.0. The maximum atomic E-state index is 13.8. The molecule has 0 aliphatic carbocycles. The molecule has 0 unspecified atom stereocenters. The molecule has 2 atom stereocenters. The van der Waals surface area contributed by atoms with E-state index in [-0.39, 0.29) is 18.5 Å². The molecule has 2 amide bonds. The number of hydrogen-bond acceptors (Lipinski definition) is 4. The van der Waals surface area contributed by atoms with E-state index in [1.165, 1.54) is 4.90 Å². The van der Waals surface area contributed by atoms with Gasteiger partial charge in [0.2, 0.25) is 21.8 Å². The van der Waals surface area contributed by atoms with Crippen LogP contribution in [0.25, 0.3) is 0 Å². The number of carbonyl (C=O) groups excluding carboxylic acids is 2. The molecule has 36 heavy (non-hydrogen) atoms. The van der Waals surface area contributed by atoms with Crippen molar-refractivity contribution in [2.75, 3.05) is 17.1 Å². The van der Waals surface area contributed by atoms with Crippen LogP contribution in [-0.4, -0.2) is 50.0 Å². The molecule has 0 radical (unpaired) electrons. The number of aryl methyl sites for hydroxylation is 1. The van der Waals surface area contributed by atoms with Crippen molar-refractivity contribution in [3.8, 4) is 0 Å².